The molecule has 0 radical (unpaired) electrons. The smallest absolute Gasteiger partial charge is 0.214 e. The number of benzene rings is 8. The Morgan fingerprint density at radius 2 is 0.952 bits per heavy atom. The predicted molar refractivity (Wildman–Crippen MR) is 271 cm³/mol. The van der Waals surface area contributed by atoms with E-state index in [9.17, 15) is 0 Å². The maximum absolute atomic E-state index is 7.03. The molecule has 0 aliphatic heterocycles. The van der Waals surface area contributed by atoms with Gasteiger partial charge in [0.1, 0.15) is 10.4 Å². The van der Waals surface area contributed by atoms with Crippen molar-refractivity contribution in [3.05, 3.63) is 187 Å². The van der Waals surface area contributed by atoms with Gasteiger partial charge < -0.3 is 14.2 Å². The van der Waals surface area contributed by atoms with Gasteiger partial charge in [0.15, 0.2) is 0 Å². The molecule has 4 aromatic heterocycles. The van der Waals surface area contributed by atoms with E-state index in [1.54, 1.807) is 0 Å². The molecule has 0 aliphatic rings. The second-order valence-corrected chi connectivity index (χ2v) is 20.1. The number of hydrogen-bond acceptors (Lipinski definition) is 4. The van der Waals surface area contributed by atoms with Crippen LogP contribution in [0.2, 0.25) is 0 Å². The maximum Gasteiger partial charge on any atom is 0.214 e. The maximum atomic E-state index is 7.03. The second-order valence-electron chi connectivity index (χ2n) is 19.1. The van der Waals surface area contributed by atoms with E-state index < -0.39 is 0 Å². The molecule has 0 N–H and O–H groups in total. The van der Waals surface area contributed by atoms with Gasteiger partial charge in [-0.2, -0.15) is 0 Å². The number of thiophene rings is 1. The third-order valence-corrected chi connectivity index (χ3v) is 14.1. The van der Waals surface area contributed by atoms with Crippen LogP contribution < -0.4 is 9.80 Å². The lowest BCUT2D eigenvalue weighted by Crippen LogP contribution is -2.13. The lowest BCUT2D eigenvalue weighted by molar-refractivity contribution is 0.590. The molecule has 8 aromatic carbocycles. The van der Waals surface area contributed by atoms with E-state index in [2.05, 4.69) is 232 Å². The van der Waals surface area contributed by atoms with Crippen molar-refractivity contribution in [2.45, 2.75) is 52.4 Å². The molecule has 0 unspecified atom stereocenters. The van der Waals surface area contributed by atoms with Gasteiger partial charge in [0, 0.05) is 65.8 Å². The summed E-state index contributed by atoms with van der Waals surface area (Å²) in [6, 6.07) is 64.5. The van der Waals surface area contributed by atoms with Crippen molar-refractivity contribution in [1.82, 2.24) is 4.40 Å². The largest absolute Gasteiger partial charge is 0.439 e. The van der Waals surface area contributed by atoms with Gasteiger partial charge in [-0.3, -0.25) is 4.40 Å². The number of furan rings is 1. The first kappa shape index (κ1) is 37.7. The summed E-state index contributed by atoms with van der Waals surface area (Å²) >= 11 is 1.85. The Hall–Kier alpha value is -7.08. The number of nitrogens with zero attached hydrogens (tertiary/aromatic N) is 3. The molecule has 0 atom stereocenters. The summed E-state index contributed by atoms with van der Waals surface area (Å²) in [7, 11) is 0. The quantitative estimate of drug-likeness (QED) is 0.167. The van der Waals surface area contributed by atoms with Gasteiger partial charge in [0.05, 0.1) is 10.9 Å². The third kappa shape index (κ3) is 5.94. The van der Waals surface area contributed by atoms with Crippen LogP contribution in [0.15, 0.2) is 180 Å². The molecule has 0 saturated carbocycles. The van der Waals surface area contributed by atoms with Gasteiger partial charge in [-0.25, -0.2) is 0 Å². The van der Waals surface area contributed by atoms with E-state index in [0.29, 0.717) is 0 Å². The highest BCUT2D eigenvalue weighted by Crippen LogP contribution is 2.49. The first-order valence-corrected chi connectivity index (χ1v) is 22.7. The summed E-state index contributed by atoms with van der Waals surface area (Å²) < 4.78 is 10.7. The fraction of sp³-hybridized carbons (Fsp3) is 0.138. The number of fused-ring (bicyclic) bond motifs is 11. The van der Waals surface area contributed by atoms with Gasteiger partial charge in [0.2, 0.25) is 5.71 Å². The Labute approximate surface area is 371 Å². The fourth-order valence-electron chi connectivity index (χ4n) is 9.75. The molecular weight excluding hydrogens is 787 g/mol. The van der Waals surface area contributed by atoms with Gasteiger partial charge in [0.25, 0.3) is 0 Å². The first-order valence-electron chi connectivity index (χ1n) is 21.9. The standard InChI is InChI=1S/C58H47N3OS/c1-57(2,3)38-21-26-42(27-22-38)59(40-14-9-7-10-15-40)44-25-20-36-33-49-50(34-37(36)32-44)62-55-52(49)47-18-13-19-48-53-46-31-30-45(35-51(46)63-56(53)61(55)54(47)48)60(41-16-11-8-12-17-41)43-28-23-39(24-29-43)58(4,5)6/h7-35H,1-6H3. The van der Waals surface area contributed by atoms with Crippen LogP contribution in [-0.4, -0.2) is 4.40 Å². The Balaban J connectivity index is 1.00. The zero-order valence-electron chi connectivity index (χ0n) is 36.4. The summed E-state index contributed by atoms with van der Waals surface area (Å²) in [5.74, 6) is 0. The second kappa shape index (κ2) is 13.7. The van der Waals surface area contributed by atoms with Crippen LogP contribution in [0.5, 0.6) is 0 Å². The Morgan fingerprint density at radius 3 is 1.54 bits per heavy atom. The van der Waals surface area contributed by atoms with Gasteiger partial charge in [-0.05, 0) is 118 Å². The predicted octanol–water partition coefficient (Wildman–Crippen LogP) is 17.5. The Bertz CT molecular complexity index is 3680. The van der Waals surface area contributed by atoms with Crippen LogP contribution in [0.1, 0.15) is 52.7 Å². The average molecular weight is 834 g/mol. The highest BCUT2D eigenvalue weighted by atomic mass is 32.1. The summed E-state index contributed by atoms with van der Waals surface area (Å²) in [6.45, 7) is 13.6. The minimum absolute atomic E-state index is 0.0806. The van der Waals surface area contributed by atoms with Crippen molar-refractivity contribution in [3.63, 3.8) is 0 Å². The van der Waals surface area contributed by atoms with Crippen molar-refractivity contribution < 1.29 is 4.42 Å². The van der Waals surface area contributed by atoms with Crippen molar-refractivity contribution in [1.29, 1.82) is 0 Å². The van der Waals surface area contributed by atoms with E-state index >= 15 is 0 Å². The number of anilines is 6. The van der Waals surface area contributed by atoms with Crippen LogP contribution in [0.25, 0.3) is 69.4 Å². The number of rotatable bonds is 6. The Kier molecular flexibility index (Phi) is 8.20. The van der Waals surface area contributed by atoms with Gasteiger partial charge >= 0.3 is 0 Å². The fourth-order valence-corrected chi connectivity index (χ4v) is 11.0. The third-order valence-electron chi connectivity index (χ3n) is 13.0. The minimum atomic E-state index is 0.0806. The molecule has 0 spiro atoms. The SMILES string of the molecule is CC(C)(C)c1ccc(N(c2ccccc2)c2ccc3cc4c(cc3c2)oc2c4c3cccc4c5c6ccc(N(c7ccccc7)c7ccc(C(C)(C)C)cc7)cc6sc5n2c34)cc1. The molecule has 0 aliphatic carbocycles. The molecule has 0 saturated heterocycles. The van der Waals surface area contributed by atoms with Gasteiger partial charge in [-0.1, -0.05) is 133 Å². The molecule has 63 heavy (non-hydrogen) atoms. The average Bonchev–Trinajstić information content (AvgIpc) is 4.02. The monoisotopic (exact) mass is 833 g/mol. The molecular formula is C58H47N3OS. The number of para-hydroxylation sites is 3. The first-order chi connectivity index (χ1) is 30.5. The van der Waals surface area contributed by atoms with Crippen molar-refractivity contribution >= 4 is 115 Å². The van der Waals surface area contributed by atoms with E-state index in [1.165, 1.54) is 58.5 Å². The highest BCUT2D eigenvalue weighted by Gasteiger charge is 2.26. The Morgan fingerprint density at radius 1 is 0.429 bits per heavy atom. The van der Waals surface area contributed by atoms with Crippen LogP contribution in [-0.2, 0) is 10.8 Å². The molecule has 12 aromatic rings. The summed E-state index contributed by atoms with van der Waals surface area (Å²) in [5, 5.41) is 9.70. The highest BCUT2D eigenvalue weighted by molar-refractivity contribution is 7.25. The zero-order chi connectivity index (χ0) is 42.8. The summed E-state index contributed by atoms with van der Waals surface area (Å²) in [4.78, 5) is 5.93. The lowest BCUT2D eigenvalue weighted by atomic mass is 9.87. The summed E-state index contributed by atoms with van der Waals surface area (Å²) in [6.07, 6.45) is 0. The molecule has 4 heterocycles. The zero-order valence-corrected chi connectivity index (χ0v) is 37.2. The van der Waals surface area contributed by atoms with Gasteiger partial charge in [-0.15, -0.1) is 11.3 Å². The van der Waals surface area contributed by atoms with Crippen LogP contribution in [0.4, 0.5) is 34.1 Å². The van der Waals surface area contributed by atoms with E-state index in [-0.39, 0.29) is 10.8 Å². The molecule has 306 valence electrons. The molecule has 4 nitrogen and oxygen atoms in total. The molecule has 5 heteroatoms. The summed E-state index contributed by atoms with van der Waals surface area (Å²) in [5.41, 5.74) is 12.6. The van der Waals surface area contributed by atoms with E-state index in [1.807, 2.05) is 11.3 Å². The molecule has 0 amide bonds. The molecule has 12 rings (SSSR count). The number of aromatic nitrogens is 1. The number of hydrogen-bond donors (Lipinski definition) is 0. The van der Waals surface area contributed by atoms with Crippen LogP contribution in [0, 0.1) is 0 Å². The topological polar surface area (TPSA) is 24.0 Å². The van der Waals surface area contributed by atoms with Crippen molar-refractivity contribution in [2.24, 2.45) is 0 Å². The lowest BCUT2D eigenvalue weighted by Gasteiger charge is -2.27. The minimum Gasteiger partial charge on any atom is -0.439 e. The molecule has 0 fully saturated rings. The molecule has 0 bridgehead atoms. The van der Waals surface area contributed by atoms with E-state index in [0.717, 1.165) is 56.2 Å². The van der Waals surface area contributed by atoms with Crippen molar-refractivity contribution in [3.8, 4) is 0 Å². The normalized spacial score (nSPS) is 12.6. The van der Waals surface area contributed by atoms with Crippen LogP contribution >= 0.6 is 11.3 Å². The van der Waals surface area contributed by atoms with Crippen LogP contribution in [0.3, 0.4) is 0 Å². The van der Waals surface area contributed by atoms with E-state index in [4.69, 9.17) is 4.42 Å². The van der Waals surface area contributed by atoms with Crippen molar-refractivity contribution in [2.75, 3.05) is 9.80 Å².